The third-order valence-corrected chi connectivity index (χ3v) is 4.45. The Balaban J connectivity index is 1.59. The molecule has 0 saturated heterocycles. The van der Waals surface area contributed by atoms with Crippen molar-refractivity contribution in [3.63, 3.8) is 0 Å². The van der Waals surface area contributed by atoms with E-state index >= 15 is 0 Å². The smallest absolute Gasteiger partial charge is 0.299 e. The van der Waals surface area contributed by atoms with Crippen LogP contribution < -0.4 is 5.32 Å². The Labute approximate surface area is 146 Å². The summed E-state index contributed by atoms with van der Waals surface area (Å²) in [6.45, 7) is 4.36. The molecule has 2 N–H and O–H groups in total. The minimum Gasteiger partial charge on any atom is -0.423 e. The van der Waals surface area contributed by atoms with Crippen molar-refractivity contribution in [2.75, 3.05) is 5.32 Å². The quantitative estimate of drug-likeness (QED) is 0.534. The highest BCUT2D eigenvalue weighted by Crippen LogP contribution is 2.27. The third-order valence-electron chi connectivity index (χ3n) is 4.45. The number of rotatable bonds is 5. The van der Waals surface area contributed by atoms with Crippen LogP contribution in [-0.4, -0.2) is 15.2 Å². The van der Waals surface area contributed by atoms with Crippen molar-refractivity contribution >= 4 is 22.6 Å². The SMILES string of the molecule is CCc1ccc(-c2cnc(Nc3ccc4[nH]ncc4c3)o2)cc1CC. The lowest BCUT2D eigenvalue weighted by atomic mass is 9.99. The number of benzene rings is 2. The van der Waals surface area contributed by atoms with Crippen molar-refractivity contribution in [1.29, 1.82) is 0 Å². The van der Waals surface area contributed by atoms with Crippen LogP contribution in [-0.2, 0) is 12.8 Å². The summed E-state index contributed by atoms with van der Waals surface area (Å²) in [6.07, 6.45) is 5.62. The van der Waals surface area contributed by atoms with Gasteiger partial charge >= 0.3 is 0 Å². The van der Waals surface area contributed by atoms with Gasteiger partial charge in [0.25, 0.3) is 6.01 Å². The van der Waals surface area contributed by atoms with E-state index in [1.54, 1.807) is 12.4 Å². The molecule has 0 unspecified atom stereocenters. The highest BCUT2D eigenvalue weighted by molar-refractivity contribution is 5.82. The average molecular weight is 332 g/mol. The number of aromatic amines is 1. The molecule has 0 radical (unpaired) electrons. The van der Waals surface area contributed by atoms with Crippen molar-refractivity contribution in [3.05, 3.63) is 59.9 Å². The Morgan fingerprint density at radius 1 is 1.00 bits per heavy atom. The molecule has 0 amide bonds. The zero-order valence-corrected chi connectivity index (χ0v) is 14.3. The first-order valence-corrected chi connectivity index (χ1v) is 8.55. The largest absolute Gasteiger partial charge is 0.423 e. The summed E-state index contributed by atoms with van der Waals surface area (Å²) < 4.78 is 5.89. The topological polar surface area (TPSA) is 66.7 Å². The van der Waals surface area contributed by atoms with Gasteiger partial charge in [-0.15, -0.1) is 0 Å². The molecule has 2 aromatic carbocycles. The molecule has 0 spiro atoms. The Hall–Kier alpha value is -3.08. The molecule has 25 heavy (non-hydrogen) atoms. The van der Waals surface area contributed by atoms with E-state index in [2.05, 4.69) is 52.5 Å². The molecule has 2 heterocycles. The van der Waals surface area contributed by atoms with E-state index in [-0.39, 0.29) is 0 Å². The number of aromatic nitrogens is 3. The van der Waals surface area contributed by atoms with Crippen LogP contribution in [0.25, 0.3) is 22.2 Å². The molecule has 126 valence electrons. The fourth-order valence-corrected chi connectivity index (χ4v) is 3.06. The second kappa shape index (κ2) is 6.43. The van der Waals surface area contributed by atoms with Gasteiger partial charge in [-0.3, -0.25) is 5.10 Å². The van der Waals surface area contributed by atoms with Crippen molar-refractivity contribution in [3.8, 4) is 11.3 Å². The number of nitrogens with zero attached hydrogens (tertiary/aromatic N) is 2. The van der Waals surface area contributed by atoms with E-state index in [0.717, 1.165) is 40.8 Å². The normalized spacial score (nSPS) is 11.1. The van der Waals surface area contributed by atoms with Crippen LogP contribution in [0.5, 0.6) is 0 Å². The summed E-state index contributed by atoms with van der Waals surface area (Å²) >= 11 is 0. The Morgan fingerprint density at radius 3 is 2.72 bits per heavy atom. The predicted molar refractivity (Wildman–Crippen MR) is 100 cm³/mol. The van der Waals surface area contributed by atoms with Crippen LogP contribution >= 0.6 is 0 Å². The van der Waals surface area contributed by atoms with Gasteiger partial charge in [-0.2, -0.15) is 5.10 Å². The summed E-state index contributed by atoms with van der Waals surface area (Å²) in [5.41, 5.74) is 5.72. The van der Waals surface area contributed by atoms with Crippen LogP contribution in [0.1, 0.15) is 25.0 Å². The highest BCUT2D eigenvalue weighted by atomic mass is 16.4. The maximum absolute atomic E-state index is 5.89. The summed E-state index contributed by atoms with van der Waals surface area (Å²) in [6, 6.07) is 12.9. The summed E-state index contributed by atoms with van der Waals surface area (Å²) in [4.78, 5) is 4.35. The van der Waals surface area contributed by atoms with Crippen molar-refractivity contribution in [1.82, 2.24) is 15.2 Å². The molecule has 5 nitrogen and oxygen atoms in total. The lowest BCUT2D eigenvalue weighted by Crippen LogP contribution is -1.91. The van der Waals surface area contributed by atoms with Crippen molar-refractivity contribution < 1.29 is 4.42 Å². The second-order valence-corrected chi connectivity index (χ2v) is 6.02. The Bertz CT molecular complexity index is 1020. The van der Waals surface area contributed by atoms with Gasteiger partial charge in [0.15, 0.2) is 5.76 Å². The van der Waals surface area contributed by atoms with Gasteiger partial charge < -0.3 is 9.73 Å². The van der Waals surface area contributed by atoms with E-state index < -0.39 is 0 Å². The van der Waals surface area contributed by atoms with Crippen LogP contribution in [0, 0.1) is 0 Å². The molecule has 0 aliphatic carbocycles. The number of hydrogen-bond donors (Lipinski definition) is 2. The Kier molecular flexibility index (Phi) is 3.98. The van der Waals surface area contributed by atoms with Gasteiger partial charge in [-0.25, -0.2) is 4.98 Å². The summed E-state index contributed by atoms with van der Waals surface area (Å²) in [5, 5.41) is 11.2. The first-order valence-electron chi connectivity index (χ1n) is 8.55. The number of H-pyrrole nitrogens is 1. The summed E-state index contributed by atoms with van der Waals surface area (Å²) in [7, 11) is 0. The third kappa shape index (κ3) is 3.01. The van der Waals surface area contributed by atoms with Gasteiger partial charge in [0.05, 0.1) is 17.9 Å². The van der Waals surface area contributed by atoms with Gasteiger partial charge in [-0.1, -0.05) is 26.0 Å². The predicted octanol–water partition coefficient (Wildman–Crippen LogP) is 5.09. The fourth-order valence-electron chi connectivity index (χ4n) is 3.06. The molecule has 0 bridgehead atoms. The van der Waals surface area contributed by atoms with Crippen LogP contribution in [0.4, 0.5) is 11.7 Å². The first kappa shape index (κ1) is 15.4. The first-order chi connectivity index (χ1) is 12.3. The molecule has 0 atom stereocenters. The highest BCUT2D eigenvalue weighted by Gasteiger charge is 2.09. The van der Waals surface area contributed by atoms with Gasteiger partial charge in [0.1, 0.15) is 0 Å². The van der Waals surface area contributed by atoms with E-state index in [0.29, 0.717) is 6.01 Å². The lowest BCUT2D eigenvalue weighted by Gasteiger charge is -2.07. The number of oxazole rings is 1. The number of anilines is 2. The monoisotopic (exact) mass is 332 g/mol. The molecule has 0 fully saturated rings. The molecule has 5 heteroatoms. The average Bonchev–Trinajstić information content (AvgIpc) is 3.30. The number of fused-ring (bicyclic) bond motifs is 1. The van der Waals surface area contributed by atoms with E-state index in [1.165, 1.54) is 11.1 Å². The molecule has 4 rings (SSSR count). The number of aryl methyl sites for hydroxylation is 2. The van der Waals surface area contributed by atoms with Crippen LogP contribution in [0.3, 0.4) is 0 Å². The van der Waals surface area contributed by atoms with Crippen LogP contribution in [0.15, 0.2) is 53.2 Å². The number of nitrogens with one attached hydrogen (secondary N) is 2. The standard InChI is InChI=1S/C20H20N4O/c1-3-13-5-6-15(9-14(13)4-2)19-12-21-20(25-19)23-17-7-8-18-16(10-17)11-22-24-18/h5-12H,3-4H2,1-2H3,(H,21,23)(H,22,24). The molecule has 0 saturated carbocycles. The van der Waals surface area contributed by atoms with Crippen molar-refractivity contribution in [2.24, 2.45) is 0 Å². The zero-order valence-electron chi connectivity index (χ0n) is 14.3. The molecule has 0 aliphatic heterocycles. The fraction of sp³-hybridized carbons (Fsp3) is 0.200. The minimum atomic E-state index is 0.482. The maximum Gasteiger partial charge on any atom is 0.299 e. The molecule has 0 aliphatic rings. The summed E-state index contributed by atoms with van der Waals surface area (Å²) in [5.74, 6) is 0.768. The minimum absolute atomic E-state index is 0.482. The van der Waals surface area contributed by atoms with Gasteiger partial charge in [-0.05, 0) is 48.2 Å². The van der Waals surface area contributed by atoms with Crippen molar-refractivity contribution in [2.45, 2.75) is 26.7 Å². The molecule has 2 aromatic heterocycles. The second-order valence-electron chi connectivity index (χ2n) is 6.02. The lowest BCUT2D eigenvalue weighted by molar-refractivity contribution is 0.592. The molecule has 4 aromatic rings. The van der Waals surface area contributed by atoms with E-state index in [9.17, 15) is 0 Å². The number of hydrogen-bond acceptors (Lipinski definition) is 4. The van der Waals surface area contributed by atoms with Gasteiger partial charge in [0, 0.05) is 16.6 Å². The van der Waals surface area contributed by atoms with Gasteiger partial charge in [0.2, 0.25) is 0 Å². The van der Waals surface area contributed by atoms with E-state index in [4.69, 9.17) is 4.42 Å². The molecular formula is C20H20N4O. The zero-order chi connectivity index (χ0) is 17.2. The molecular weight excluding hydrogens is 312 g/mol. The van der Waals surface area contributed by atoms with E-state index in [1.807, 2.05) is 18.2 Å². The maximum atomic E-state index is 5.89. The Morgan fingerprint density at radius 2 is 1.88 bits per heavy atom. The van der Waals surface area contributed by atoms with Crippen LogP contribution in [0.2, 0.25) is 0 Å².